The summed E-state index contributed by atoms with van der Waals surface area (Å²) < 4.78 is 38.1. The molecule has 0 fully saturated rings. The molecule has 0 unspecified atom stereocenters. The van der Waals surface area contributed by atoms with Gasteiger partial charge in [-0.05, 0) is 30.3 Å². The Balaban J connectivity index is 1.29. The van der Waals surface area contributed by atoms with Crippen LogP contribution >= 0.6 is 0 Å². The zero-order valence-electron chi connectivity index (χ0n) is 22.9. The van der Waals surface area contributed by atoms with Crippen LogP contribution in [0, 0.1) is 20.2 Å². The normalized spacial score (nSPS) is 10.9. The summed E-state index contributed by atoms with van der Waals surface area (Å²) in [5.74, 6) is 0.751. The largest absolute Gasteiger partial charge is 0.491 e. The maximum absolute atomic E-state index is 11.1. The van der Waals surface area contributed by atoms with Gasteiger partial charge in [-0.2, -0.15) is 0 Å². The van der Waals surface area contributed by atoms with Crippen LogP contribution in [0.5, 0.6) is 5.75 Å². The second-order valence-electron chi connectivity index (χ2n) is 8.23. The summed E-state index contributed by atoms with van der Waals surface area (Å²) in [4.78, 5) is 20.5. The van der Waals surface area contributed by atoms with Crippen LogP contribution in [0.15, 0.2) is 42.5 Å². The average molecular weight is 583 g/mol. The van der Waals surface area contributed by atoms with Crippen LogP contribution in [0.25, 0.3) is 0 Å². The van der Waals surface area contributed by atoms with Gasteiger partial charge in [-0.3, -0.25) is 20.2 Å². The summed E-state index contributed by atoms with van der Waals surface area (Å²) in [7, 11) is 0. The molecule has 41 heavy (non-hydrogen) atoms. The first-order valence-corrected chi connectivity index (χ1v) is 13.1. The molecule has 0 aliphatic rings. The Morgan fingerprint density at radius 1 is 0.610 bits per heavy atom. The molecule has 0 aliphatic heterocycles. The van der Waals surface area contributed by atoms with Crippen molar-refractivity contribution >= 4 is 22.7 Å². The number of nitro groups is 2. The van der Waals surface area contributed by atoms with Gasteiger partial charge < -0.3 is 44.2 Å². The number of rotatable bonds is 25. The van der Waals surface area contributed by atoms with Crippen LogP contribution in [0.4, 0.5) is 22.7 Å². The molecular weight excluding hydrogens is 544 g/mol. The van der Waals surface area contributed by atoms with E-state index < -0.39 is 9.85 Å². The molecule has 2 aromatic carbocycles. The van der Waals surface area contributed by atoms with Crippen molar-refractivity contribution in [2.75, 3.05) is 103 Å². The van der Waals surface area contributed by atoms with Crippen LogP contribution in [-0.2, 0) is 28.4 Å². The van der Waals surface area contributed by atoms with Crippen molar-refractivity contribution in [3.05, 3.63) is 62.7 Å². The number of nitrogens with zero attached hydrogens (tertiary/aromatic N) is 2. The first kappa shape index (κ1) is 33.6. The van der Waals surface area contributed by atoms with E-state index in [2.05, 4.69) is 5.32 Å². The fourth-order valence-electron chi connectivity index (χ4n) is 3.18. The van der Waals surface area contributed by atoms with E-state index in [0.717, 1.165) is 11.8 Å². The lowest BCUT2D eigenvalue weighted by molar-refractivity contribution is -0.393. The summed E-state index contributed by atoms with van der Waals surface area (Å²) in [5.41, 5.74) is 5.80. The van der Waals surface area contributed by atoms with Crippen LogP contribution in [0.2, 0.25) is 0 Å². The van der Waals surface area contributed by atoms with Gasteiger partial charge in [0, 0.05) is 18.3 Å². The minimum Gasteiger partial charge on any atom is -0.491 e. The predicted molar refractivity (Wildman–Crippen MR) is 150 cm³/mol. The molecule has 0 bridgehead atoms. The summed E-state index contributed by atoms with van der Waals surface area (Å²) in [5, 5.41) is 24.7. The van der Waals surface area contributed by atoms with Crippen molar-refractivity contribution in [3.63, 3.8) is 0 Å². The monoisotopic (exact) mass is 582 g/mol. The van der Waals surface area contributed by atoms with E-state index in [0.29, 0.717) is 91.5 Å². The highest BCUT2D eigenvalue weighted by Crippen LogP contribution is 2.28. The molecule has 0 heterocycles. The Morgan fingerprint density at radius 3 is 1.54 bits per heavy atom. The third kappa shape index (κ3) is 15.7. The van der Waals surface area contributed by atoms with Gasteiger partial charge in [0.05, 0.1) is 95.2 Å². The Morgan fingerprint density at radius 2 is 1.07 bits per heavy atom. The Kier molecular flexibility index (Phi) is 17.4. The minimum atomic E-state index is -0.681. The summed E-state index contributed by atoms with van der Waals surface area (Å²) in [6.45, 7) is 5.80. The molecular formula is C26H38N4O11. The van der Waals surface area contributed by atoms with Crippen LogP contribution in [0.3, 0.4) is 0 Å². The van der Waals surface area contributed by atoms with Crippen LogP contribution < -0.4 is 15.8 Å². The van der Waals surface area contributed by atoms with Crippen molar-refractivity contribution in [1.29, 1.82) is 0 Å². The molecule has 0 radical (unpaired) electrons. The molecule has 0 amide bonds. The van der Waals surface area contributed by atoms with Crippen molar-refractivity contribution in [2.45, 2.75) is 0 Å². The number of hydrogen-bond acceptors (Lipinski definition) is 13. The number of hydrogen-bond donors (Lipinski definition) is 2. The average Bonchev–Trinajstić information content (AvgIpc) is 2.96. The smallest absolute Gasteiger partial charge is 0.299 e. The highest BCUT2D eigenvalue weighted by molar-refractivity contribution is 5.65. The number of nitro benzene ring substituents is 2. The molecule has 2 rings (SSSR count). The zero-order chi connectivity index (χ0) is 29.5. The number of benzene rings is 2. The molecule has 0 saturated heterocycles. The molecule has 2 aromatic rings. The summed E-state index contributed by atoms with van der Waals surface area (Å²) >= 11 is 0. The number of nitrogens with two attached hydrogens (primary N) is 1. The van der Waals surface area contributed by atoms with Gasteiger partial charge in [0.25, 0.3) is 11.4 Å². The number of non-ortho nitro benzene ring substituents is 1. The molecule has 0 atom stereocenters. The minimum absolute atomic E-state index is 0.188. The fraction of sp³-hybridized carbons (Fsp3) is 0.538. The Labute approximate surface area is 238 Å². The van der Waals surface area contributed by atoms with Crippen molar-refractivity contribution in [1.82, 2.24) is 0 Å². The van der Waals surface area contributed by atoms with E-state index in [1.165, 1.54) is 12.1 Å². The van der Waals surface area contributed by atoms with Gasteiger partial charge >= 0.3 is 0 Å². The molecule has 228 valence electrons. The second kappa shape index (κ2) is 21.2. The van der Waals surface area contributed by atoms with Crippen molar-refractivity contribution in [3.8, 4) is 5.75 Å². The number of anilines is 2. The molecule has 15 heteroatoms. The Hall–Kier alpha value is -3.60. The van der Waals surface area contributed by atoms with E-state index in [1.807, 2.05) is 12.1 Å². The van der Waals surface area contributed by atoms with Gasteiger partial charge in [-0.1, -0.05) is 0 Å². The third-order valence-electron chi connectivity index (χ3n) is 5.19. The third-order valence-corrected chi connectivity index (χ3v) is 5.19. The van der Waals surface area contributed by atoms with E-state index in [4.69, 9.17) is 38.9 Å². The fourth-order valence-corrected chi connectivity index (χ4v) is 3.18. The van der Waals surface area contributed by atoms with Crippen LogP contribution in [0.1, 0.15) is 0 Å². The quantitative estimate of drug-likeness (QED) is 0.0753. The van der Waals surface area contributed by atoms with E-state index in [-0.39, 0.29) is 23.7 Å². The Bertz CT molecular complexity index is 1010. The SMILES string of the molecule is Nc1ccc(OCCOCCOCCOCCOCCOCCOCCNc2ccc([N+](=O)[O-])cc2[N+](=O)[O-])cc1. The molecule has 3 N–H and O–H groups in total. The van der Waals surface area contributed by atoms with E-state index in [1.54, 1.807) is 12.1 Å². The van der Waals surface area contributed by atoms with Crippen molar-refractivity contribution in [2.24, 2.45) is 0 Å². The molecule has 0 aliphatic carbocycles. The molecule has 0 saturated carbocycles. The van der Waals surface area contributed by atoms with Crippen LogP contribution in [-0.4, -0.2) is 102 Å². The summed E-state index contributed by atoms with van der Waals surface area (Å²) in [6.07, 6.45) is 0. The van der Waals surface area contributed by atoms with Crippen molar-refractivity contribution < 1.29 is 43.0 Å². The summed E-state index contributed by atoms with van der Waals surface area (Å²) in [6, 6.07) is 10.6. The lowest BCUT2D eigenvalue weighted by Crippen LogP contribution is -2.15. The number of nitrogen functional groups attached to an aromatic ring is 1. The first-order chi connectivity index (χ1) is 20.0. The lowest BCUT2D eigenvalue weighted by Gasteiger charge is -2.09. The van der Waals surface area contributed by atoms with Gasteiger partial charge in [-0.15, -0.1) is 0 Å². The lowest BCUT2D eigenvalue weighted by atomic mass is 10.2. The first-order valence-electron chi connectivity index (χ1n) is 13.1. The predicted octanol–water partition coefficient (Wildman–Crippen LogP) is 2.68. The van der Waals surface area contributed by atoms with E-state index >= 15 is 0 Å². The van der Waals surface area contributed by atoms with Gasteiger partial charge in [-0.25, -0.2) is 0 Å². The van der Waals surface area contributed by atoms with E-state index in [9.17, 15) is 20.2 Å². The molecule has 0 spiro atoms. The van der Waals surface area contributed by atoms with Gasteiger partial charge in [0.1, 0.15) is 18.0 Å². The maximum Gasteiger partial charge on any atom is 0.299 e. The van der Waals surface area contributed by atoms with Gasteiger partial charge in [0.15, 0.2) is 0 Å². The second-order valence-corrected chi connectivity index (χ2v) is 8.23. The highest BCUT2D eigenvalue weighted by Gasteiger charge is 2.19. The maximum atomic E-state index is 11.1. The van der Waals surface area contributed by atoms with Gasteiger partial charge in [0.2, 0.25) is 0 Å². The number of ether oxygens (including phenoxy) is 7. The molecule has 0 aromatic heterocycles. The number of nitrogens with one attached hydrogen (secondary N) is 1. The molecule has 15 nitrogen and oxygen atoms in total. The standard InChI is InChI=1S/C26H38N4O11/c27-22-1-4-24(5-2-22)41-20-19-40-18-17-39-16-15-38-14-13-37-12-11-36-10-9-35-8-7-28-25-6-3-23(29(31)32)21-26(25)30(33)34/h1-6,21,28H,7-20,27H2. The topological polar surface area (TPSA) is 189 Å². The highest BCUT2D eigenvalue weighted by atomic mass is 16.6. The zero-order valence-corrected chi connectivity index (χ0v) is 22.9.